The number of phenols is 3. The molecule has 1 aromatic carbocycles. The molecule has 9 heteroatoms. The zero-order valence-corrected chi connectivity index (χ0v) is 11.2. The second-order valence-electron chi connectivity index (χ2n) is 5.08. The first-order chi connectivity index (χ1) is 10.2. The molecule has 0 spiro atoms. The number of benzene rings is 1. The van der Waals surface area contributed by atoms with Gasteiger partial charge >= 0.3 is 0 Å². The first-order valence-corrected chi connectivity index (χ1v) is 6.33. The molecule has 0 amide bonds. The fraction of sp³-hybridized carbons (Fsp3) is 0.462. The van der Waals surface area contributed by atoms with Crippen molar-refractivity contribution < 1.29 is 45.3 Å². The van der Waals surface area contributed by atoms with Crippen LogP contribution in [0.4, 0.5) is 0 Å². The van der Waals surface area contributed by atoms with Crippen molar-refractivity contribution >= 4 is 5.78 Å². The number of aliphatic hydroxyl groups is 4. The van der Waals surface area contributed by atoms with Crippen LogP contribution in [0.15, 0.2) is 12.1 Å². The van der Waals surface area contributed by atoms with Gasteiger partial charge in [-0.25, -0.2) is 0 Å². The van der Waals surface area contributed by atoms with E-state index in [0.29, 0.717) is 0 Å². The molecule has 2 rings (SSSR count). The van der Waals surface area contributed by atoms with E-state index >= 15 is 0 Å². The highest BCUT2D eigenvalue weighted by atomic mass is 16.5. The van der Waals surface area contributed by atoms with Crippen LogP contribution in [-0.2, 0) is 4.74 Å². The molecule has 22 heavy (non-hydrogen) atoms. The summed E-state index contributed by atoms with van der Waals surface area (Å²) >= 11 is 0. The molecule has 1 heterocycles. The second kappa shape index (κ2) is 5.71. The van der Waals surface area contributed by atoms with E-state index in [2.05, 4.69) is 0 Å². The topological polar surface area (TPSA) is 168 Å². The molecule has 0 aliphatic carbocycles. The van der Waals surface area contributed by atoms with Crippen molar-refractivity contribution in [1.82, 2.24) is 0 Å². The Morgan fingerprint density at radius 3 is 2.27 bits per heavy atom. The number of aliphatic hydroxyl groups excluding tert-OH is 3. The second-order valence-corrected chi connectivity index (χ2v) is 5.08. The zero-order valence-electron chi connectivity index (χ0n) is 11.2. The lowest BCUT2D eigenvalue weighted by Gasteiger charge is -2.41. The molecule has 0 unspecified atom stereocenters. The monoisotopic (exact) mass is 316 g/mol. The van der Waals surface area contributed by atoms with Crippen molar-refractivity contribution in [2.45, 2.75) is 23.9 Å². The number of hydrogen-bond donors (Lipinski definition) is 7. The number of Topliss-reactive ketones (excluding diaryl/α,β-unsaturated/α-hetero) is 1. The van der Waals surface area contributed by atoms with Gasteiger partial charge in [-0.05, 0) is 12.1 Å². The maximum Gasteiger partial charge on any atom is 0.200 e. The van der Waals surface area contributed by atoms with Gasteiger partial charge in [-0.3, -0.25) is 4.79 Å². The number of rotatable bonds is 3. The summed E-state index contributed by atoms with van der Waals surface area (Å²) in [5.74, 6) is -3.58. The van der Waals surface area contributed by atoms with Crippen molar-refractivity contribution in [3.63, 3.8) is 0 Å². The lowest BCUT2D eigenvalue weighted by Crippen LogP contribution is -2.65. The van der Waals surface area contributed by atoms with Crippen molar-refractivity contribution in [3.8, 4) is 17.2 Å². The summed E-state index contributed by atoms with van der Waals surface area (Å²) in [6.07, 6.45) is -4.83. The molecule has 0 saturated carbocycles. The van der Waals surface area contributed by atoms with Crippen LogP contribution in [0, 0.1) is 0 Å². The lowest BCUT2D eigenvalue weighted by molar-refractivity contribution is -0.221. The molecule has 122 valence electrons. The van der Waals surface area contributed by atoms with Crippen LogP contribution in [0.2, 0.25) is 0 Å². The Hall–Kier alpha value is -1.91. The van der Waals surface area contributed by atoms with Crippen LogP contribution in [0.5, 0.6) is 17.2 Å². The van der Waals surface area contributed by atoms with Crippen LogP contribution in [0.25, 0.3) is 0 Å². The summed E-state index contributed by atoms with van der Waals surface area (Å²) in [6.45, 7) is -1.33. The fourth-order valence-corrected chi connectivity index (χ4v) is 2.25. The van der Waals surface area contributed by atoms with Gasteiger partial charge in [-0.15, -0.1) is 0 Å². The van der Waals surface area contributed by atoms with Gasteiger partial charge in [0, 0.05) is 5.56 Å². The molecule has 0 aromatic heterocycles. The molecule has 9 nitrogen and oxygen atoms in total. The number of ether oxygens (including phenoxy) is 1. The maximum absolute atomic E-state index is 12.3. The van der Waals surface area contributed by atoms with E-state index < -0.39 is 65.7 Å². The molecule has 1 aliphatic rings. The highest BCUT2D eigenvalue weighted by molar-refractivity contribution is 6.04. The summed E-state index contributed by atoms with van der Waals surface area (Å²) in [5, 5.41) is 66.9. The third-order valence-corrected chi connectivity index (χ3v) is 3.62. The number of hydrogen-bond acceptors (Lipinski definition) is 9. The molecule has 1 saturated heterocycles. The minimum absolute atomic E-state index is 0.410. The Morgan fingerprint density at radius 2 is 1.77 bits per heavy atom. The average Bonchev–Trinajstić information content (AvgIpc) is 2.49. The highest BCUT2D eigenvalue weighted by Crippen LogP contribution is 2.37. The van der Waals surface area contributed by atoms with Crippen LogP contribution in [0.1, 0.15) is 10.4 Å². The van der Waals surface area contributed by atoms with Crippen LogP contribution in [-0.4, -0.2) is 78.7 Å². The van der Waals surface area contributed by atoms with Crippen molar-refractivity contribution in [3.05, 3.63) is 17.7 Å². The number of carbonyl (C=O) groups excluding carboxylic acids is 1. The van der Waals surface area contributed by atoms with E-state index in [9.17, 15) is 35.4 Å². The Bertz CT molecular complexity index is 564. The standard InChI is InChI=1S/C13H16O9/c14-3-8-10(18)12(20)13(21,4-22-8)11(19)5-1-6(15)9(17)7(16)2-5/h1-2,8,10,12,14-18,20-21H,3-4H2/t8-,10-,12+,13-/m1/s1. The largest absolute Gasteiger partial charge is 0.504 e. The number of carbonyl (C=O) groups is 1. The Balaban J connectivity index is 2.36. The van der Waals surface area contributed by atoms with Crippen LogP contribution >= 0.6 is 0 Å². The van der Waals surface area contributed by atoms with E-state index in [4.69, 9.17) is 9.84 Å². The lowest BCUT2D eigenvalue weighted by atomic mass is 9.82. The Morgan fingerprint density at radius 1 is 1.23 bits per heavy atom. The molecule has 7 N–H and O–H groups in total. The van der Waals surface area contributed by atoms with Gasteiger partial charge in [0.1, 0.15) is 18.3 Å². The number of ketones is 1. The van der Waals surface area contributed by atoms with E-state index in [1.807, 2.05) is 0 Å². The van der Waals surface area contributed by atoms with Crippen LogP contribution < -0.4 is 0 Å². The third-order valence-electron chi connectivity index (χ3n) is 3.62. The predicted molar refractivity (Wildman–Crippen MR) is 69.6 cm³/mol. The molecular weight excluding hydrogens is 300 g/mol. The van der Waals surface area contributed by atoms with Crippen molar-refractivity contribution in [1.29, 1.82) is 0 Å². The third kappa shape index (κ3) is 2.49. The van der Waals surface area contributed by atoms with Gasteiger partial charge in [0.25, 0.3) is 0 Å². The quantitative estimate of drug-likeness (QED) is 0.242. The number of aromatic hydroxyl groups is 3. The molecular formula is C13H16O9. The maximum atomic E-state index is 12.3. The van der Waals surface area contributed by atoms with Gasteiger partial charge in [-0.2, -0.15) is 0 Å². The smallest absolute Gasteiger partial charge is 0.200 e. The SMILES string of the molecule is O=C(c1cc(O)c(O)c(O)c1)[C@]1(O)CO[C@H](CO)[C@@H](O)[C@@H]1O. The van der Waals surface area contributed by atoms with E-state index in [-0.39, 0.29) is 0 Å². The first kappa shape index (κ1) is 16.5. The summed E-state index contributed by atoms with van der Waals surface area (Å²) < 4.78 is 4.95. The van der Waals surface area contributed by atoms with Gasteiger partial charge in [0.05, 0.1) is 13.2 Å². The Kier molecular flexibility index (Phi) is 4.27. The molecule has 0 radical (unpaired) electrons. The minimum atomic E-state index is -2.54. The van der Waals surface area contributed by atoms with E-state index in [0.717, 1.165) is 12.1 Å². The van der Waals surface area contributed by atoms with Crippen molar-refractivity contribution in [2.24, 2.45) is 0 Å². The molecule has 1 aromatic rings. The van der Waals surface area contributed by atoms with Gasteiger partial charge in [0.15, 0.2) is 28.6 Å². The summed E-state index contributed by atoms with van der Waals surface area (Å²) in [4.78, 5) is 12.3. The van der Waals surface area contributed by atoms with Gasteiger partial charge < -0.3 is 40.5 Å². The fourth-order valence-electron chi connectivity index (χ4n) is 2.25. The number of phenolic OH excluding ortho intramolecular Hbond substituents is 3. The molecule has 0 bridgehead atoms. The molecule has 4 atom stereocenters. The average molecular weight is 316 g/mol. The van der Waals surface area contributed by atoms with Crippen molar-refractivity contribution in [2.75, 3.05) is 13.2 Å². The van der Waals surface area contributed by atoms with Gasteiger partial charge in [0.2, 0.25) is 0 Å². The summed E-state index contributed by atoms with van der Waals surface area (Å²) in [5.41, 5.74) is -2.95. The predicted octanol–water partition coefficient (Wildman–Crippen LogP) is -2.17. The minimum Gasteiger partial charge on any atom is -0.504 e. The summed E-state index contributed by atoms with van der Waals surface area (Å²) in [6, 6.07) is 1.57. The molecule has 1 fully saturated rings. The highest BCUT2D eigenvalue weighted by Gasteiger charge is 2.53. The first-order valence-electron chi connectivity index (χ1n) is 6.33. The normalized spacial score (nSPS) is 31.9. The van der Waals surface area contributed by atoms with E-state index in [1.54, 1.807) is 0 Å². The zero-order chi connectivity index (χ0) is 16.7. The van der Waals surface area contributed by atoms with Gasteiger partial charge in [-0.1, -0.05) is 0 Å². The van der Waals surface area contributed by atoms with Crippen LogP contribution in [0.3, 0.4) is 0 Å². The molecule has 1 aliphatic heterocycles. The van der Waals surface area contributed by atoms with E-state index in [1.165, 1.54) is 0 Å². The summed E-state index contributed by atoms with van der Waals surface area (Å²) in [7, 11) is 0. The Labute approximate surface area is 124 Å².